The van der Waals surface area contributed by atoms with E-state index in [2.05, 4.69) is 5.32 Å². The van der Waals surface area contributed by atoms with Crippen molar-refractivity contribution >= 4 is 34.7 Å². The Labute approximate surface area is 113 Å². The Hall–Kier alpha value is -1.12. The normalized spacial score (nSPS) is 12.2. The van der Waals surface area contributed by atoms with Crippen molar-refractivity contribution in [2.24, 2.45) is 0 Å². The number of nitrogens with zero attached hydrogens (tertiary/aromatic N) is 1. The van der Waals surface area contributed by atoms with Crippen LogP contribution in [0.1, 0.15) is 24.8 Å². The van der Waals surface area contributed by atoms with Gasteiger partial charge in [-0.15, -0.1) is 11.3 Å². The molecule has 0 saturated carbocycles. The molecule has 1 aromatic heterocycles. The van der Waals surface area contributed by atoms with Crippen LogP contribution in [0.2, 0.25) is 0 Å². The summed E-state index contributed by atoms with van der Waals surface area (Å²) >= 11 is 2.26. The number of hydrogen-bond donors (Lipinski definition) is 2. The van der Waals surface area contributed by atoms with Crippen LogP contribution in [0.25, 0.3) is 0 Å². The minimum absolute atomic E-state index is 0.0507. The maximum absolute atomic E-state index is 11.3. The van der Waals surface area contributed by atoms with Gasteiger partial charge in [-0.3, -0.25) is 14.9 Å². The van der Waals surface area contributed by atoms with E-state index in [4.69, 9.17) is 0 Å². The predicted molar refractivity (Wildman–Crippen MR) is 71.0 cm³/mol. The number of nitro groups is 1. The van der Waals surface area contributed by atoms with Crippen molar-refractivity contribution < 1.29 is 14.8 Å². The van der Waals surface area contributed by atoms with Gasteiger partial charge in [0.1, 0.15) is 4.21 Å². The van der Waals surface area contributed by atoms with Gasteiger partial charge in [-0.05, 0) is 13.8 Å². The SMILES string of the molecule is CCNC(=O)CSc1sc(C(C)O)cc1[N+](=O)[O-]. The van der Waals surface area contributed by atoms with E-state index in [1.54, 1.807) is 6.92 Å². The maximum atomic E-state index is 11.3. The molecule has 18 heavy (non-hydrogen) atoms. The third-order valence-corrected chi connectivity index (χ3v) is 4.59. The first-order valence-electron chi connectivity index (χ1n) is 5.31. The molecule has 6 nitrogen and oxygen atoms in total. The number of nitrogens with one attached hydrogen (secondary N) is 1. The van der Waals surface area contributed by atoms with Crippen molar-refractivity contribution in [1.82, 2.24) is 5.32 Å². The van der Waals surface area contributed by atoms with Gasteiger partial charge in [0.05, 0.1) is 16.8 Å². The number of aliphatic hydroxyl groups is 1. The van der Waals surface area contributed by atoms with E-state index in [1.165, 1.54) is 6.07 Å². The molecule has 100 valence electrons. The minimum Gasteiger partial charge on any atom is -0.388 e. The van der Waals surface area contributed by atoms with Crippen LogP contribution in [0.15, 0.2) is 10.3 Å². The average Bonchev–Trinajstić information content (AvgIpc) is 2.71. The molecule has 0 saturated heterocycles. The first-order chi connectivity index (χ1) is 8.45. The van der Waals surface area contributed by atoms with Gasteiger partial charge in [0, 0.05) is 17.5 Å². The molecule has 0 aliphatic rings. The molecule has 1 rings (SSSR count). The van der Waals surface area contributed by atoms with Crippen molar-refractivity contribution in [2.75, 3.05) is 12.3 Å². The largest absolute Gasteiger partial charge is 0.388 e. The summed E-state index contributed by atoms with van der Waals surface area (Å²) in [7, 11) is 0. The fourth-order valence-corrected chi connectivity index (χ4v) is 3.34. The summed E-state index contributed by atoms with van der Waals surface area (Å²) in [5, 5.41) is 22.9. The van der Waals surface area contributed by atoms with Crippen LogP contribution < -0.4 is 5.32 Å². The number of thioether (sulfide) groups is 1. The molecule has 1 unspecified atom stereocenters. The van der Waals surface area contributed by atoms with Crippen LogP contribution >= 0.6 is 23.1 Å². The van der Waals surface area contributed by atoms with E-state index in [1.807, 2.05) is 6.92 Å². The van der Waals surface area contributed by atoms with Gasteiger partial charge in [0.2, 0.25) is 5.91 Å². The molecule has 1 atom stereocenters. The van der Waals surface area contributed by atoms with E-state index < -0.39 is 11.0 Å². The van der Waals surface area contributed by atoms with E-state index in [9.17, 15) is 20.0 Å². The molecule has 0 aliphatic heterocycles. The van der Waals surface area contributed by atoms with Crippen molar-refractivity contribution in [3.8, 4) is 0 Å². The van der Waals surface area contributed by atoms with Crippen LogP contribution in [-0.2, 0) is 4.79 Å². The zero-order chi connectivity index (χ0) is 13.7. The fourth-order valence-electron chi connectivity index (χ4n) is 1.20. The van der Waals surface area contributed by atoms with Gasteiger partial charge in [0.25, 0.3) is 5.69 Å². The Morgan fingerprint density at radius 2 is 2.39 bits per heavy atom. The third-order valence-electron chi connectivity index (χ3n) is 2.02. The summed E-state index contributed by atoms with van der Waals surface area (Å²) in [6.45, 7) is 3.89. The van der Waals surface area contributed by atoms with Gasteiger partial charge >= 0.3 is 0 Å². The molecule has 0 bridgehead atoms. The molecule has 0 fully saturated rings. The first-order valence-corrected chi connectivity index (χ1v) is 7.11. The number of aliphatic hydroxyl groups excluding tert-OH is 1. The van der Waals surface area contributed by atoms with Crippen LogP contribution in [-0.4, -0.2) is 28.2 Å². The van der Waals surface area contributed by atoms with Crippen LogP contribution in [0.4, 0.5) is 5.69 Å². The monoisotopic (exact) mass is 290 g/mol. The van der Waals surface area contributed by atoms with Crippen LogP contribution in [0.3, 0.4) is 0 Å². The number of hydrogen-bond acceptors (Lipinski definition) is 6. The van der Waals surface area contributed by atoms with Crippen molar-refractivity contribution in [3.63, 3.8) is 0 Å². The summed E-state index contributed by atoms with van der Waals surface area (Å²) in [5.41, 5.74) is -0.0507. The molecule has 8 heteroatoms. The Kier molecular flexibility index (Phi) is 5.57. The number of amides is 1. The van der Waals surface area contributed by atoms with E-state index in [0.717, 1.165) is 23.1 Å². The number of thiophene rings is 1. The lowest BCUT2D eigenvalue weighted by atomic mass is 10.3. The Morgan fingerprint density at radius 3 is 2.89 bits per heavy atom. The second-order valence-corrected chi connectivity index (χ2v) is 5.82. The molecule has 1 aromatic rings. The minimum atomic E-state index is -0.743. The Bertz CT molecular complexity index is 445. The van der Waals surface area contributed by atoms with Crippen molar-refractivity contribution in [3.05, 3.63) is 21.1 Å². The number of carbonyl (C=O) groups excluding carboxylic acids is 1. The summed E-state index contributed by atoms with van der Waals surface area (Å²) in [5.74, 6) is -0.0298. The molecule has 0 aliphatic carbocycles. The molecule has 1 amide bonds. The summed E-state index contributed by atoms with van der Waals surface area (Å²) in [6, 6.07) is 1.36. The molecule has 1 heterocycles. The second kappa shape index (κ2) is 6.72. The highest BCUT2D eigenvalue weighted by Gasteiger charge is 2.21. The van der Waals surface area contributed by atoms with Gasteiger partial charge in [0.15, 0.2) is 0 Å². The predicted octanol–water partition coefficient (Wildman–Crippen LogP) is 1.94. The summed E-state index contributed by atoms with van der Waals surface area (Å²) in [6.07, 6.45) is -0.743. The average molecular weight is 290 g/mol. The Balaban J connectivity index is 2.80. The molecule has 0 spiro atoms. The highest BCUT2D eigenvalue weighted by Crippen LogP contribution is 2.39. The van der Waals surface area contributed by atoms with Gasteiger partial charge in [-0.25, -0.2) is 0 Å². The standard InChI is InChI=1S/C10H14N2O4S2/c1-3-11-9(14)5-17-10-7(12(15)16)4-8(18-10)6(2)13/h4,6,13H,3,5H2,1-2H3,(H,11,14). The lowest BCUT2D eigenvalue weighted by Crippen LogP contribution is -2.24. The second-order valence-electron chi connectivity index (χ2n) is 3.50. The molecular weight excluding hydrogens is 276 g/mol. The molecular formula is C10H14N2O4S2. The van der Waals surface area contributed by atoms with E-state index >= 15 is 0 Å². The topological polar surface area (TPSA) is 92.5 Å². The molecule has 2 N–H and O–H groups in total. The summed E-state index contributed by atoms with van der Waals surface area (Å²) < 4.78 is 0.446. The highest BCUT2D eigenvalue weighted by molar-refractivity contribution is 8.01. The molecule has 0 radical (unpaired) electrons. The van der Waals surface area contributed by atoms with Gasteiger partial charge in [-0.2, -0.15) is 0 Å². The maximum Gasteiger partial charge on any atom is 0.294 e. The van der Waals surface area contributed by atoms with Crippen LogP contribution in [0.5, 0.6) is 0 Å². The number of rotatable bonds is 6. The smallest absolute Gasteiger partial charge is 0.294 e. The number of carbonyl (C=O) groups is 1. The fraction of sp³-hybridized carbons (Fsp3) is 0.500. The highest BCUT2D eigenvalue weighted by atomic mass is 32.2. The zero-order valence-corrected chi connectivity index (χ0v) is 11.6. The first kappa shape index (κ1) is 14.9. The van der Waals surface area contributed by atoms with Crippen molar-refractivity contribution in [1.29, 1.82) is 0 Å². The zero-order valence-electron chi connectivity index (χ0n) is 10.0. The lowest BCUT2D eigenvalue weighted by molar-refractivity contribution is -0.387. The third kappa shape index (κ3) is 3.97. The Morgan fingerprint density at radius 1 is 1.72 bits per heavy atom. The summed E-state index contributed by atoms with van der Waals surface area (Å²) in [4.78, 5) is 22.2. The molecule has 0 aromatic carbocycles. The van der Waals surface area contributed by atoms with Gasteiger partial charge < -0.3 is 10.4 Å². The van der Waals surface area contributed by atoms with Gasteiger partial charge in [-0.1, -0.05) is 11.8 Å². The van der Waals surface area contributed by atoms with E-state index in [-0.39, 0.29) is 17.3 Å². The van der Waals surface area contributed by atoms with E-state index in [0.29, 0.717) is 15.6 Å². The quantitative estimate of drug-likeness (QED) is 0.474. The van der Waals surface area contributed by atoms with Crippen LogP contribution in [0, 0.1) is 10.1 Å². The van der Waals surface area contributed by atoms with Crippen molar-refractivity contribution in [2.45, 2.75) is 24.2 Å². The lowest BCUT2D eigenvalue weighted by Gasteiger charge is -2.00.